The number of benzene rings is 11. The fraction of sp³-hybridized carbons (Fsp3) is 0. The zero-order valence-electron chi connectivity index (χ0n) is 45.2. The highest BCUT2D eigenvalue weighted by Crippen LogP contribution is 2.42. The van der Waals surface area contributed by atoms with Gasteiger partial charge >= 0.3 is 0 Å². The fourth-order valence-electron chi connectivity index (χ4n) is 11.2. The van der Waals surface area contributed by atoms with Gasteiger partial charge in [0, 0.05) is 43.4 Å². The SMILES string of the molecule is [2H]c1c([2H])c([2H])c(-c2ccc3c(c2)c2ccccc2n3-c2nc(-c3ccccc3-n3c4ccccc4c4cc(-c5ccccc5)ccc43)nc(-c3ccccc3-n3c4ccccc4c4cc(-c5ccccc5)ccc43)n2)c([2H])c1[2H]. The Bertz CT molecular complexity index is 4780. The third-order valence-corrected chi connectivity index (χ3v) is 14.6. The molecular formula is C69H44N6. The van der Waals surface area contributed by atoms with Crippen LogP contribution in [0.25, 0.3) is 139 Å². The Morgan fingerprint density at radius 2 is 0.627 bits per heavy atom. The molecule has 75 heavy (non-hydrogen) atoms. The van der Waals surface area contributed by atoms with Crippen molar-refractivity contribution in [2.45, 2.75) is 0 Å². The van der Waals surface area contributed by atoms with Crippen molar-refractivity contribution in [3.05, 3.63) is 267 Å². The summed E-state index contributed by atoms with van der Waals surface area (Å²) in [6.45, 7) is 0. The number of rotatable bonds is 8. The highest BCUT2D eigenvalue weighted by molar-refractivity contribution is 6.13. The van der Waals surface area contributed by atoms with Gasteiger partial charge in [0.15, 0.2) is 11.6 Å². The van der Waals surface area contributed by atoms with E-state index < -0.39 is 6.04 Å². The third kappa shape index (κ3) is 6.92. The van der Waals surface area contributed by atoms with Crippen molar-refractivity contribution < 1.29 is 6.85 Å². The Morgan fingerprint density at radius 1 is 0.267 bits per heavy atom. The average Bonchev–Trinajstić information content (AvgIpc) is 4.29. The summed E-state index contributed by atoms with van der Waals surface area (Å²) < 4.78 is 49.8. The van der Waals surface area contributed by atoms with Crippen LogP contribution in [0.2, 0.25) is 0 Å². The second-order valence-corrected chi connectivity index (χ2v) is 18.8. The van der Waals surface area contributed by atoms with Crippen molar-refractivity contribution in [1.82, 2.24) is 28.7 Å². The predicted octanol–water partition coefficient (Wildman–Crippen LogP) is 17.5. The van der Waals surface area contributed by atoms with Crippen LogP contribution < -0.4 is 0 Å². The van der Waals surface area contributed by atoms with E-state index in [0.717, 1.165) is 110 Å². The molecule has 0 radical (unpaired) electrons. The first-order chi connectivity index (χ1) is 39.3. The second-order valence-electron chi connectivity index (χ2n) is 18.8. The standard InChI is InChI=1S/C69H44N6/c1-4-20-45(21-5-1)48-36-39-64-56(42-48)51-26-10-15-31-59(51)73(64)62-34-18-13-29-54(62)67-70-68(72-69(71-67)75-61-33-17-12-28-53(61)58-44-50(38-41-66(58)75)47-24-8-3-9-25-47)55-30-14-19-35-63(55)74-60-32-16-11-27-52(60)57-43-49(37-40-65(57)74)46-22-6-2-7-23-46/h1-44H/i3D,8D,9D,24D,25D. The summed E-state index contributed by atoms with van der Waals surface area (Å²) in [4.78, 5) is 16.6. The van der Waals surface area contributed by atoms with Gasteiger partial charge in [-0.2, -0.15) is 9.97 Å². The molecule has 15 rings (SSSR count). The maximum absolute atomic E-state index is 8.89. The van der Waals surface area contributed by atoms with Gasteiger partial charge < -0.3 is 9.13 Å². The number of hydrogen-bond donors (Lipinski definition) is 0. The number of aromatic nitrogens is 6. The highest BCUT2D eigenvalue weighted by Gasteiger charge is 2.24. The number of para-hydroxylation sites is 5. The molecule has 0 aliphatic heterocycles. The minimum atomic E-state index is -0.434. The molecule has 0 aliphatic rings. The Morgan fingerprint density at radius 3 is 1.09 bits per heavy atom. The lowest BCUT2D eigenvalue weighted by molar-refractivity contribution is 0.950. The van der Waals surface area contributed by atoms with E-state index in [9.17, 15) is 0 Å². The van der Waals surface area contributed by atoms with Crippen LogP contribution in [-0.4, -0.2) is 28.7 Å². The minimum absolute atomic E-state index is 0.135. The molecule has 0 fully saturated rings. The van der Waals surface area contributed by atoms with Crippen LogP contribution in [0.5, 0.6) is 0 Å². The lowest BCUT2D eigenvalue weighted by Crippen LogP contribution is -2.09. The average molecular weight is 962 g/mol. The summed E-state index contributed by atoms with van der Waals surface area (Å²) in [7, 11) is 0. The van der Waals surface area contributed by atoms with Gasteiger partial charge in [-0.25, -0.2) is 4.98 Å². The molecule has 0 bridgehead atoms. The van der Waals surface area contributed by atoms with Crippen LogP contribution in [0.1, 0.15) is 6.85 Å². The summed E-state index contributed by atoms with van der Waals surface area (Å²) in [6, 6.07) is 79.9. The smallest absolute Gasteiger partial charge is 0.238 e. The largest absolute Gasteiger partial charge is 0.309 e. The number of hydrogen-bond acceptors (Lipinski definition) is 3. The van der Waals surface area contributed by atoms with Gasteiger partial charge in [0.2, 0.25) is 5.95 Å². The van der Waals surface area contributed by atoms with Gasteiger partial charge in [0.05, 0.1) is 51.3 Å². The Balaban J connectivity index is 0.995. The summed E-state index contributed by atoms with van der Waals surface area (Å²) in [5, 5.41) is 6.17. The summed E-state index contributed by atoms with van der Waals surface area (Å²) in [5.74, 6) is 1.29. The van der Waals surface area contributed by atoms with Gasteiger partial charge in [-0.3, -0.25) is 4.57 Å². The topological polar surface area (TPSA) is 53.5 Å². The zero-order chi connectivity index (χ0) is 53.8. The van der Waals surface area contributed by atoms with E-state index >= 15 is 0 Å². The maximum atomic E-state index is 8.89. The van der Waals surface area contributed by atoms with E-state index in [2.05, 4.69) is 179 Å². The van der Waals surface area contributed by atoms with Crippen LogP contribution in [0.15, 0.2) is 267 Å². The minimum Gasteiger partial charge on any atom is -0.309 e. The molecule has 0 N–H and O–H groups in total. The molecule has 4 aromatic heterocycles. The monoisotopic (exact) mass is 961 g/mol. The van der Waals surface area contributed by atoms with Crippen molar-refractivity contribution in [3.63, 3.8) is 0 Å². The third-order valence-electron chi connectivity index (χ3n) is 14.6. The van der Waals surface area contributed by atoms with Gasteiger partial charge in [-0.1, -0.05) is 188 Å². The first-order valence-corrected chi connectivity index (χ1v) is 25.0. The van der Waals surface area contributed by atoms with Crippen molar-refractivity contribution in [2.75, 3.05) is 0 Å². The lowest BCUT2D eigenvalue weighted by Gasteiger charge is -2.17. The van der Waals surface area contributed by atoms with Crippen LogP contribution in [0, 0.1) is 0 Å². The van der Waals surface area contributed by atoms with E-state index in [4.69, 9.17) is 21.8 Å². The molecular weight excluding hydrogens is 913 g/mol. The fourth-order valence-corrected chi connectivity index (χ4v) is 11.2. The van der Waals surface area contributed by atoms with Crippen LogP contribution in [0.3, 0.4) is 0 Å². The molecule has 6 heteroatoms. The van der Waals surface area contributed by atoms with Gasteiger partial charge in [-0.05, 0) is 112 Å². The molecule has 6 nitrogen and oxygen atoms in total. The number of fused-ring (bicyclic) bond motifs is 9. The molecule has 350 valence electrons. The normalized spacial score (nSPS) is 12.7. The van der Waals surface area contributed by atoms with E-state index in [-0.39, 0.29) is 29.7 Å². The van der Waals surface area contributed by atoms with E-state index in [0.29, 0.717) is 23.2 Å². The van der Waals surface area contributed by atoms with Crippen LogP contribution in [-0.2, 0) is 0 Å². The molecule has 11 aromatic carbocycles. The lowest BCUT2D eigenvalue weighted by atomic mass is 10.0. The quantitative estimate of drug-likeness (QED) is 0.152. The molecule has 0 amide bonds. The maximum Gasteiger partial charge on any atom is 0.238 e. The number of nitrogens with zero attached hydrogens (tertiary/aromatic N) is 6. The Kier molecular flexibility index (Phi) is 8.65. The summed E-state index contributed by atoms with van der Waals surface area (Å²) in [5.41, 5.74) is 14.3. The summed E-state index contributed by atoms with van der Waals surface area (Å²) in [6.07, 6.45) is 0. The Labute approximate surface area is 439 Å². The molecule has 0 atom stereocenters. The van der Waals surface area contributed by atoms with Gasteiger partial charge in [-0.15, -0.1) is 0 Å². The van der Waals surface area contributed by atoms with Gasteiger partial charge in [0.25, 0.3) is 0 Å². The van der Waals surface area contributed by atoms with Crippen LogP contribution in [0.4, 0.5) is 0 Å². The molecule has 0 saturated carbocycles. The van der Waals surface area contributed by atoms with Crippen molar-refractivity contribution >= 4 is 65.4 Å². The van der Waals surface area contributed by atoms with Gasteiger partial charge in [0.1, 0.15) is 0 Å². The van der Waals surface area contributed by atoms with Crippen molar-refractivity contribution in [1.29, 1.82) is 0 Å². The molecule has 0 saturated heterocycles. The molecule has 4 heterocycles. The van der Waals surface area contributed by atoms with Crippen molar-refractivity contribution in [2.24, 2.45) is 0 Å². The highest BCUT2D eigenvalue weighted by atomic mass is 15.2. The van der Waals surface area contributed by atoms with Crippen molar-refractivity contribution in [3.8, 4) is 73.5 Å². The molecule has 15 aromatic rings. The predicted molar refractivity (Wildman–Crippen MR) is 310 cm³/mol. The first-order valence-electron chi connectivity index (χ1n) is 27.5. The first kappa shape index (κ1) is 37.6. The van der Waals surface area contributed by atoms with Crippen LogP contribution >= 0.6 is 0 Å². The molecule has 0 unspecified atom stereocenters. The zero-order valence-corrected chi connectivity index (χ0v) is 40.2. The Hall–Kier alpha value is -10.2. The van der Waals surface area contributed by atoms with E-state index in [1.54, 1.807) is 0 Å². The molecule has 0 aliphatic carbocycles. The van der Waals surface area contributed by atoms with E-state index in [1.807, 2.05) is 71.3 Å². The molecule has 0 spiro atoms. The second kappa shape index (κ2) is 17.3. The summed E-state index contributed by atoms with van der Waals surface area (Å²) >= 11 is 0. The van der Waals surface area contributed by atoms with E-state index in [1.165, 1.54) is 0 Å².